The van der Waals surface area contributed by atoms with Gasteiger partial charge in [0.05, 0.1) is 5.02 Å². The Morgan fingerprint density at radius 1 is 1.44 bits per heavy atom. The number of hydrogen-bond acceptors (Lipinski definition) is 2. The van der Waals surface area contributed by atoms with Crippen molar-refractivity contribution in [2.45, 2.75) is 12.8 Å². The maximum Gasteiger partial charge on any atom is 0.270 e. The molecule has 4 nitrogen and oxygen atoms in total. The first-order valence-corrected chi connectivity index (χ1v) is 6.80. The van der Waals surface area contributed by atoms with E-state index in [1.165, 1.54) is 0 Å². The van der Waals surface area contributed by atoms with Gasteiger partial charge < -0.3 is 15.2 Å². The molecule has 0 aromatic carbocycles. The lowest BCUT2D eigenvalue weighted by atomic mass is 9.97. The molecule has 2 N–H and O–H groups in total. The van der Waals surface area contributed by atoms with E-state index in [-0.39, 0.29) is 5.91 Å². The average molecular weight is 290 g/mol. The summed E-state index contributed by atoms with van der Waals surface area (Å²) in [4.78, 5) is 14.2. The van der Waals surface area contributed by atoms with Crippen LogP contribution in [0.5, 0.6) is 0 Å². The number of amides is 1. The van der Waals surface area contributed by atoms with E-state index >= 15 is 0 Å². The molecule has 0 spiro atoms. The second-order valence-corrected chi connectivity index (χ2v) is 5.46. The Balaban J connectivity index is 2.10. The Morgan fingerprint density at radius 3 is 2.50 bits per heavy atom. The molecule has 0 radical (unpaired) electrons. The van der Waals surface area contributed by atoms with Crippen LogP contribution in [0.25, 0.3) is 0 Å². The van der Waals surface area contributed by atoms with Gasteiger partial charge in [0, 0.05) is 20.1 Å². The summed E-state index contributed by atoms with van der Waals surface area (Å²) in [5, 5.41) is 0.816. The lowest BCUT2D eigenvalue weighted by molar-refractivity contribution is 0.0684. The van der Waals surface area contributed by atoms with E-state index in [9.17, 15) is 4.79 Å². The Kier molecular flexibility index (Phi) is 4.20. The van der Waals surface area contributed by atoms with Crippen LogP contribution in [-0.2, 0) is 7.05 Å². The standard InChI is InChI=1S/C12H17Cl2N3O/c1-16-10(6-9(13)11(16)14)12(18)17-4-2-8(7-15)3-5-17/h6,8H,2-5,7,15H2,1H3. The highest BCUT2D eigenvalue weighted by Gasteiger charge is 2.25. The average Bonchev–Trinajstić information content (AvgIpc) is 2.66. The molecule has 2 rings (SSSR count). The molecule has 100 valence electrons. The molecule has 0 aliphatic carbocycles. The Hall–Kier alpha value is -0.710. The van der Waals surface area contributed by atoms with Crippen LogP contribution >= 0.6 is 23.2 Å². The largest absolute Gasteiger partial charge is 0.337 e. The van der Waals surface area contributed by atoms with Gasteiger partial charge >= 0.3 is 0 Å². The molecule has 0 atom stereocenters. The molecule has 1 fully saturated rings. The molecule has 1 aliphatic rings. The molecule has 6 heteroatoms. The Labute approximate surface area is 117 Å². The van der Waals surface area contributed by atoms with Crippen molar-refractivity contribution >= 4 is 29.1 Å². The molecule has 1 aromatic rings. The lowest BCUT2D eigenvalue weighted by Gasteiger charge is -2.31. The van der Waals surface area contributed by atoms with Crippen molar-refractivity contribution in [3.63, 3.8) is 0 Å². The van der Waals surface area contributed by atoms with Gasteiger partial charge in [0.1, 0.15) is 10.8 Å². The third kappa shape index (κ3) is 2.51. The third-order valence-electron chi connectivity index (χ3n) is 3.57. The molecule has 0 bridgehead atoms. The van der Waals surface area contributed by atoms with Crippen LogP contribution in [0, 0.1) is 5.92 Å². The first-order valence-electron chi connectivity index (χ1n) is 6.04. The number of rotatable bonds is 2. The fourth-order valence-corrected chi connectivity index (χ4v) is 2.66. The number of carbonyl (C=O) groups excluding carboxylic acids is 1. The summed E-state index contributed by atoms with van der Waals surface area (Å²) in [6.45, 7) is 2.20. The predicted molar refractivity (Wildman–Crippen MR) is 73.1 cm³/mol. The van der Waals surface area contributed by atoms with Gasteiger partial charge in [0.25, 0.3) is 5.91 Å². The van der Waals surface area contributed by atoms with Gasteiger partial charge in [-0.15, -0.1) is 0 Å². The molecule has 1 saturated heterocycles. The quantitative estimate of drug-likeness (QED) is 0.907. The molecule has 0 unspecified atom stereocenters. The first-order chi connectivity index (χ1) is 8.54. The van der Waals surface area contributed by atoms with Crippen molar-refractivity contribution < 1.29 is 4.79 Å². The highest BCUT2D eigenvalue weighted by Crippen LogP contribution is 2.27. The van der Waals surface area contributed by atoms with Crippen LogP contribution in [-0.4, -0.2) is 35.0 Å². The van der Waals surface area contributed by atoms with Crippen molar-refractivity contribution in [2.24, 2.45) is 18.7 Å². The zero-order chi connectivity index (χ0) is 13.3. The van der Waals surface area contributed by atoms with Crippen LogP contribution < -0.4 is 5.73 Å². The predicted octanol–water partition coefficient (Wildman–Crippen LogP) is 2.14. The van der Waals surface area contributed by atoms with Gasteiger partial charge in [-0.05, 0) is 31.4 Å². The summed E-state index contributed by atoms with van der Waals surface area (Å²) in [5.41, 5.74) is 6.18. The fraction of sp³-hybridized carbons (Fsp3) is 0.583. The number of nitrogens with two attached hydrogens (primary N) is 1. The van der Waals surface area contributed by atoms with Crippen molar-refractivity contribution in [1.29, 1.82) is 0 Å². The molecule has 18 heavy (non-hydrogen) atoms. The third-order valence-corrected chi connectivity index (χ3v) is 4.41. The Morgan fingerprint density at radius 2 is 2.06 bits per heavy atom. The monoisotopic (exact) mass is 289 g/mol. The highest BCUT2D eigenvalue weighted by molar-refractivity contribution is 6.41. The smallest absolute Gasteiger partial charge is 0.270 e. The zero-order valence-corrected chi connectivity index (χ0v) is 11.8. The van der Waals surface area contributed by atoms with Gasteiger partial charge in [-0.25, -0.2) is 0 Å². The summed E-state index contributed by atoms with van der Waals surface area (Å²) >= 11 is 11.9. The van der Waals surface area contributed by atoms with E-state index in [0.717, 1.165) is 25.9 Å². The van der Waals surface area contributed by atoms with Gasteiger partial charge in [0.15, 0.2) is 0 Å². The lowest BCUT2D eigenvalue weighted by Crippen LogP contribution is -2.40. The summed E-state index contributed by atoms with van der Waals surface area (Å²) < 4.78 is 1.63. The normalized spacial score (nSPS) is 17.2. The number of carbonyl (C=O) groups is 1. The first kappa shape index (κ1) is 13.7. The maximum atomic E-state index is 12.3. The van der Waals surface area contributed by atoms with E-state index < -0.39 is 0 Å². The fourth-order valence-electron chi connectivity index (χ4n) is 2.28. The van der Waals surface area contributed by atoms with Gasteiger partial charge in [-0.2, -0.15) is 0 Å². The highest BCUT2D eigenvalue weighted by atomic mass is 35.5. The number of likely N-dealkylation sites (tertiary alicyclic amines) is 1. The Bertz CT molecular complexity index is 450. The van der Waals surface area contributed by atoms with E-state index in [4.69, 9.17) is 28.9 Å². The minimum Gasteiger partial charge on any atom is -0.337 e. The number of aromatic nitrogens is 1. The van der Waals surface area contributed by atoms with E-state index in [2.05, 4.69) is 0 Å². The van der Waals surface area contributed by atoms with Crippen LogP contribution in [0.15, 0.2) is 6.07 Å². The van der Waals surface area contributed by atoms with Crippen LogP contribution in [0.2, 0.25) is 10.2 Å². The molecule has 1 amide bonds. The maximum absolute atomic E-state index is 12.3. The molecule has 1 aliphatic heterocycles. The number of hydrogen-bond donors (Lipinski definition) is 1. The molecule has 2 heterocycles. The minimum absolute atomic E-state index is 0.0122. The summed E-state index contributed by atoms with van der Waals surface area (Å²) in [6, 6.07) is 1.63. The van der Waals surface area contributed by atoms with Gasteiger partial charge in [0.2, 0.25) is 0 Å². The van der Waals surface area contributed by atoms with Crippen LogP contribution in [0.4, 0.5) is 0 Å². The summed E-state index contributed by atoms with van der Waals surface area (Å²) in [6.07, 6.45) is 1.93. The minimum atomic E-state index is -0.0122. The molecular formula is C12H17Cl2N3O. The number of nitrogens with zero attached hydrogens (tertiary/aromatic N) is 2. The second kappa shape index (κ2) is 5.51. The summed E-state index contributed by atoms with van der Waals surface area (Å²) in [5.74, 6) is 0.524. The van der Waals surface area contributed by atoms with E-state index in [1.807, 2.05) is 4.90 Å². The topological polar surface area (TPSA) is 51.3 Å². The zero-order valence-electron chi connectivity index (χ0n) is 10.3. The van der Waals surface area contributed by atoms with Crippen molar-refractivity contribution in [3.8, 4) is 0 Å². The van der Waals surface area contributed by atoms with Gasteiger partial charge in [-0.1, -0.05) is 23.2 Å². The second-order valence-electron chi connectivity index (χ2n) is 4.70. The van der Waals surface area contributed by atoms with Crippen LogP contribution in [0.3, 0.4) is 0 Å². The SMILES string of the molecule is Cn1c(C(=O)N2CCC(CN)CC2)cc(Cl)c1Cl. The van der Waals surface area contributed by atoms with Crippen molar-refractivity contribution in [1.82, 2.24) is 9.47 Å². The molecular weight excluding hydrogens is 273 g/mol. The van der Waals surface area contributed by atoms with Gasteiger partial charge in [-0.3, -0.25) is 4.79 Å². The van der Waals surface area contributed by atoms with Crippen molar-refractivity contribution in [2.75, 3.05) is 19.6 Å². The molecule has 0 saturated carbocycles. The number of halogens is 2. The van der Waals surface area contributed by atoms with E-state index in [1.54, 1.807) is 17.7 Å². The van der Waals surface area contributed by atoms with Crippen molar-refractivity contribution in [3.05, 3.63) is 21.9 Å². The van der Waals surface area contributed by atoms with Crippen LogP contribution in [0.1, 0.15) is 23.3 Å². The number of piperidine rings is 1. The molecule has 1 aromatic heterocycles. The summed E-state index contributed by atoms with van der Waals surface area (Å²) in [7, 11) is 1.74. The van der Waals surface area contributed by atoms with E-state index in [0.29, 0.717) is 28.3 Å².